The van der Waals surface area contributed by atoms with Gasteiger partial charge in [0.2, 0.25) is 0 Å². The second-order valence-electron chi connectivity index (χ2n) is 4.29. The molecule has 1 aliphatic carbocycles. The van der Waals surface area contributed by atoms with Gasteiger partial charge in [0, 0.05) is 11.8 Å². The Balaban J connectivity index is 2.04. The van der Waals surface area contributed by atoms with Gasteiger partial charge in [-0.25, -0.2) is 4.39 Å². The van der Waals surface area contributed by atoms with Gasteiger partial charge in [-0.05, 0) is 30.5 Å². The van der Waals surface area contributed by atoms with Crippen molar-refractivity contribution < 1.29 is 9.18 Å². The highest BCUT2D eigenvalue weighted by molar-refractivity contribution is 5.88. The maximum absolute atomic E-state index is 12.6. The van der Waals surface area contributed by atoms with Gasteiger partial charge in [0.1, 0.15) is 11.6 Å². The van der Waals surface area contributed by atoms with Crippen LogP contribution in [0, 0.1) is 11.2 Å². The molecule has 1 aliphatic rings. The minimum atomic E-state index is -0.251. The number of ketones is 1. The summed E-state index contributed by atoms with van der Waals surface area (Å²) in [6.45, 7) is 2.00. The summed E-state index contributed by atoms with van der Waals surface area (Å²) < 4.78 is 12.6. The molecule has 1 fully saturated rings. The monoisotopic (exact) mass is 192 g/mol. The Morgan fingerprint density at radius 2 is 1.93 bits per heavy atom. The molecule has 1 aromatic rings. The van der Waals surface area contributed by atoms with Crippen molar-refractivity contribution in [3.05, 3.63) is 35.6 Å². The van der Waals surface area contributed by atoms with E-state index >= 15 is 0 Å². The molecule has 2 heteroatoms. The Kier molecular flexibility index (Phi) is 2.14. The lowest BCUT2D eigenvalue weighted by atomic mass is 9.97. The van der Waals surface area contributed by atoms with Crippen LogP contribution in [0.3, 0.4) is 0 Å². The number of carbonyl (C=O) groups excluding carboxylic acids is 1. The third kappa shape index (κ3) is 1.84. The molecule has 0 unspecified atom stereocenters. The van der Waals surface area contributed by atoms with Crippen molar-refractivity contribution in [3.8, 4) is 0 Å². The minimum absolute atomic E-state index is 0.0750. The molecule has 74 valence electrons. The van der Waals surface area contributed by atoms with Gasteiger partial charge in [0.05, 0.1) is 0 Å². The molecule has 0 bridgehead atoms. The lowest BCUT2D eigenvalue weighted by Gasteiger charge is -2.06. The maximum Gasteiger partial charge on any atom is 0.143 e. The quantitative estimate of drug-likeness (QED) is 0.719. The van der Waals surface area contributed by atoms with E-state index in [1.54, 1.807) is 12.1 Å². The topological polar surface area (TPSA) is 17.1 Å². The fourth-order valence-electron chi connectivity index (χ4n) is 1.47. The first-order chi connectivity index (χ1) is 6.60. The van der Waals surface area contributed by atoms with Crippen LogP contribution in [0.5, 0.6) is 0 Å². The minimum Gasteiger partial charge on any atom is -0.299 e. The second-order valence-corrected chi connectivity index (χ2v) is 4.29. The van der Waals surface area contributed by atoms with Crippen molar-refractivity contribution in [1.82, 2.24) is 0 Å². The van der Waals surface area contributed by atoms with Crippen LogP contribution in [0.25, 0.3) is 0 Å². The number of hydrogen-bond donors (Lipinski definition) is 0. The lowest BCUT2D eigenvalue weighted by Crippen LogP contribution is -2.14. The largest absolute Gasteiger partial charge is 0.299 e. The average molecular weight is 192 g/mol. The van der Waals surface area contributed by atoms with Gasteiger partial charge in [0.15, 0.2) is 0 Å². The molecule has 1 aromatic carbocycles. The summed E-state index contributed by atoms with van der Waals surface area (Å²) in [6.07, 6.45) is 2.46. The third-order valence-corrected chi connectivity index (χ3v) is 2.95. The molecule has 1 saturated carbocycles. The molecule has 14 heavy (non-hydrogen) atoms. The van der Waals surface area contributed by atoms with E-state index in [-0.39, 0.29) is 17.0 Å². The third-order valence-electron chi connectivity index (χ3n) is 2.95. The first-order valence-electron chi connectivity index (χ1n) is 4.88. The maximum atomic E-state index is 12.6. The van der Waals surface area contributed by atoms with E-state index < -0.39 is 0 Å². The molecular formula is C12H13FO. The zero-order valence-electron chi connectivity index (χ0n) is 8.22. The first-order valence-corrected chi connectivity index (χ1v) is 4.88. The predicted molar refractivity (Wildman–Crippen MR) is 52.5 cm³/mol. The van der Waals surface area contributed by atoms with Gasteiger partial charge in [-0.15, -0.1) is 0 Å². The zero-order chi connectivity index (χ0) is 10.2. The normalized spacial score (nSPS) is 17.9. The highest BCUT2D eigenvalue weighted by atomic mass is 19.1. The lowest BCUT2D eigenvalue weighted by molar-refractivity contribution is -0.122. The number of halogens is 1. The molecule has 0 saturated heterocycles. The first kappa shape index (κ1) is 9.38. The van der Waals surface area contributed by atoms with Crippen molar-refractivity contribution in [3.63, 3.8) is 0 Å². The Morgan fingerprint density at radius 3 is 2.43 bits per heavy atom. The Bertz CT molecular complexity index is 349. The molecule has 0 radical (unpaired) electrons. The van der Waals surface area contributed by atoms with Gasteiger partial charge in [-0.1, -0.05) is 19.1 Å². The van der Waals surface area contributed by atoms with Crippen molar-refractivity contribution in [2.24, 2.45) is 5.41 Å². The van der Waals surface area contributed by atoms with Gasteiger partial charge in [0.25, 0.3) is 0 Å². The van der Waals surface area contributed by atoms with Gasteiger partial charge < -0.3 is 0 Å². The summed E-state index contributed by atoms with van der Waals surface area (Å²) in [6, 6.07) is 6.16. The van der Waals surface area contributed by atoms with Crippen LogP contribution >= 0.6 is 0 Å². The van der Waals surface area contributed by atoms with Crippen molar-refractivity contribution in [2.45, 2.75) is 26.2 Å². The number of Topliss-reactive ketones (excluding diaryl/α,β-unsaturated/α-hetero) is 1. The number of carbonyl (C=O) groups is 1. The van der Waals surface area contributed by atoms with E-state index in [0.717, 1.165) is 18.4 Å². The van der Waals surface area contributed by atoms with E-state index in [2.05, 4.69) is 0 Å². The van der Waals surface area contributed by atoms with Crippen LogP contribution in [0.15, 0.2) is 24.3 Å². The molecule has 1 nitrogen and oxygen atoms in total. The van der Waals surface area contributed by atoms with Crippen LogP contribution in [0.4, 0.5) is 4.39 Å². The fraction of sp³-hybridized carbons (Fsp3) is 0.417. The molecule has 0 N–H and O–H groups in total. The number of hydrogen-bond acceptors (Lipinski definition) is 1. The average Bonchev–Trinajstić information content (AvgIpc) is 2.89. The van der Waals surface area contributed by atoms with Crippen molar-refractivity contribution in [1.29, 1.82) is 0 Å². The van der Waals surface area contributed by atoms with Crippen molar-refractivity contribution in [2.75, 3.05) is 0 Å². The summed E-state index contributed by atoms with van der Waals surface area (Å²) in [5.41, 5.74) is 0.832. The Hall–Kier alpha value is -1.18. The Labute approximate surface area is 82.9 Å². The number of benzene rings is 1. The van der Waals surface area contributed by atoms with Crippen molar-refractivity contribution >= 4 is 5.78 Å². The van der Waals surface area contributed by atoms with Crippen LogP contribution in [-0.2, 0) is 11.2 Å². The SMILES string of the molecule is CC1(C(=O)Cc2ccc(F)cc2)CC1. The highest BCUT2D eigenvalue weighted by Crippen LogP contribution is 2.46. The molecule has 0 heterocycles. The molecule has 0 aliphatic heterocycles. The van der Waals surface area contributed by atoms with Gasteiger partial charge in [-0.2, -0.15) is 0 Å². The van der Waals surface area contributed by atoms with E-state index in [4.69, 9.17) is 0 Å². The summed E-state index contributed by atoms with van der Waals surface area (Å²) in [4.78, 5) is 11.7. The highest BCUT2D eigenvalue weighted by Gasteiger charge is 2.43. The van der Waals surface area contributed by atoms with Crippen LogP contribution < -0.4 is 0 Å². The number of rotatable bonds is 3. The van der Waals surface area contributed by atoms with Crippen LogP contribution in [0.1, 0.15) is 25.3 Å². The molecular weight excluding hydrogens is 179 g/mol. The molecule has 0 amide bonds. The second kappa shape index (κ2) is 3.19. The summed E-state index contributed by atoms with van der Waals surface area (Å²) >= 11 is 0. The van der Waals surface area contributed by atoms with E-state index in [9.17, 15) is 9.18 Å². The van der Waals surface area contributed by atoms with Gasteiger partial charge in [-0.3, -0.25) is 4.79 Å². The van der Waals surface area contributed by atoms with E-state index in [0.29, 0.717) is 6.42 Å². The molecule has 2 rings (SSSR count). The van der Waals surface area contributed by atoms with Gasteiger partial charge >= 0.3 is 0 Å². The molecule has 0 atom stereocenters. The fourth-order valence-corrected chi connectivity index (χ4v) is 1.47. The van der Waals surface area contributed by atoms with E-state index in [1.807, 2.05) is 6.92 Å². The molecule has 0 spiro atoms. The smallest absolute Gasteiger partial charge is 0.143 e. The molecule has 0 aromatic heterocycles. The van der Waals surface area contributed by atoms with Crippen LogP contribution in [-0.4, -0.2) is 5.78 Å². The zero-order valence-corrected chi connectivity index (χ0v) is 8.22. The summed E-state index contributed by atoms with van der Waals surface area (Å²) in [5.74, 6) is 0.0305. The summed E-state index contributed by atoms with van der Waals surface area (Å²) in [5, 5.41) is 0. The summed E-state index contributed by atoms with van der Waals surface area (Å²) in [7, 11) is 0. The predicted octanol–water partition coefficient (Wildman–Crippen LogP) is 2.74. The van der Waals surface area contributed by atoms with E-state index in [1.165, 1.54) is 12.1 Å². The Morgan fingerprint density at radius 1 is 1.36 bits per heavy atom. The standard InChI is InChI=1S/C12H13FO/c1-12(6-7-12)11(14)8-9-2-4-10(13)5-3-9/h2-5H,6-8H2,1H3. The van der Waals surface area contributed by atoms with Crippen LogP contribution in [0.2, 0.25) is 0 Å².